The molecular formula is C28H32O16. The van der Waals surface area contributed by atoms with Gasteiger partial charge in [-0.2, -0.15) is 0 Å². The number of fused-ring (bicyclic) bond motifs is 1. The summed E-state index contributed by atoms with van der Waals surface area (Å²) in [5.41, 5.74) is -0.785. The van der Waals surface area contributed by atoms with Gasteiger partial charge in [-0.25, -0.2) is 0 Å². The van der Waals surface area contributed by atoms with Gasteiger partial charge in [0.15, 0.2) is 12.1 Å². The molecule has 2 aliphatic rings. The molecule has 16 heteroatoms. The number of rotatable bonds is 8. The van der Waals surface area contributed by atoms with Gasteiger partial charge in [-0.1, -0.05) is 0 Å². The average molecular weight is 625 g/mol. The number of aromatic hydroxyl groups is 3. The first-order valence-electron chi connectivity index (χ1n) is 13.5. The molecule has 3 aromatic rings. The Labute approximate surface area is 247 Å². The van der Waals surface area contributed by atoms with E-state index in [1.165, 1.54) is 24.3 Å². The predicted molar refractivity (Wildman–Crippen MR) is 145 cm³/mol. The summed E-state index contributed by atoms with van der Waals surface area (Å²) in [6.07, 6.45) is -15.9. The normalized spacial score (nSPS) is 32.5. The highest BCUT2D eigenvalue weighted by Crippen LogP contribution is 2.36. The minimum absolute atomic E-state index is 0.0853. The van der Waals surface area contributed by atoms with Crippen LogP contribution in [0.25, 0.3) is 22.3 Å². The zero-order valence-corrected chi connectivity index (χ0v) is 22.8. The van der Waals surface area contributed by atoms with Crippen LogP contribution >= 0.6 is 0 Å². The van der Waals surface area contributed by atoms with Gasteiger partial charge in [0.25, 0.3) is 0 Å². The molecule has 10 N–H and O–H groups in total. The van der Waals surface area contributed by atoms with Crippen molar-refractivity contribution in [3.8, 4) is 34.3 Å². The van der Waals surface area contributed by atoms with Crippen molar-refractivity contribution in [2.45, 2.75) is 61.2 Å². The first-order valence-corrected chi connectivity index (χ1v) is 13.5. The summed E-state index contributed by atoms with van der Waals surface area (Å²) in [5, 5.41) is 101. The fourth-order valence-electron chi connectivity index (χ4n) is 5.07. The number of ether oxygens (including phenoxy) is 4. The number of hydrogen-bond donors (Lipinski definition) is 10. The van der Waals surface area contributed by atoms with Gasteiger partial charge in [-0.05, 0) is 24.3 Å². The van der Waals surface area contributed by atoms with E-state index in [1.54, 1.807) is 0 Å². The number of phenols is 3. The molecule has 0 bridgehead atoms. The van der Waals surface area contributed by atoms with Crippen molar-refractivity contribution in [2.24, 2.45) is 0 Å². The fraction of sp³-hybridized carbons (Fsp3) is 0.464. The Kier molecular flexibility index (Phi) is 9.28. The van der Waals surface area contributed by atoms with E-state index in [0.29, 0.717) is 0 Å². The molecule has 1 aromatic heterocycles. The van der Waals surface area contributed by atoms with Gasteiger partial charge in [-0.3, -0.25) is 4.79 Å². The summed E-state index contributed by atoms with van der Waals surface area (Å²) in [4.78, 5) is 13.5. The third-order valence-electron chi connectivity index (χ3n) is 7.52. The van der Waals surface area contributed by atoms with E-state index in [4.69, 9.17) is 23.4 Å². The smallest absolute Gasteiger partial charge is 0.239 e. The van der Waals surface area contributed by atoms with Crippen LogP contribution in [0.15, 0.2) is 45.6 Å². The molecule has 240 valence electrons. The molecule has 0 aliphatic carbocycles. The van der Waals surface area contributed by atoms with Crippen molar-refractivity contribution in [2.75, 3.05) is 19.8 Å². The maximum Gasteiger partial charge on any atom is 0.239 e. The molecule has 5 rings (SSSR count). The SMILES string of the molecule is O=c1c(OC[C@@H]2OC(CO[C@@H]3OC(CO)[C@H](O)[C@@H](O)C3O)[C@H](O)[C@@H](O)C2O)c(-c2ccc(O)cc2)oc2cc(O)cc(O)c12. The van der Waals surface area contributed by atoms with E-state index >= 15 is 0 Å². The summed E-state index contributed by atoms with van der Waals surface area (Å²) in [5.74, 6) is -1.69. The second-order valence-corrected chi connectivity index (χ2v) is 10.5. The van der Waals surface area contributed by atoms with Gasteiger partial charge >= 0.3 is 0 Å². The summed E-state index contributed by atoms with van der Waals surface area (Å²) in [7, 11) is 0. The Morgan fingerprint density at radius 2 is 1.32 bits per heavy atom. The Morgan fingerprint density at radius 3 is 1.98 bits per heavy atom. The molecule has 0 radical (unpaired) electrons. The molecule has 2 fully saturated rings. The fourth-order valence-corrected chi connectivity index (χ4v) is 5.07. The topological polar surface area (TPSA) is 269 Å². The van der Waals surface area contributed by atoms with Crippen LogP contribution in [0.5, 0.6) is 23.0 Å². The third-order valence-corrected chi connectivity index (χ3v) is 7.52. The molecule has 4 unspecified atom stereocenters. The molecule has 10 atom stereocenters. The average Bonchev–Trinajstić information content (AvgIpc) is 2.99. The minimum Gasteiger partial charge on any atom is -0.508 e. The van der Waals surface area contributed by atoms with E-state index in [-0.39, 0.29) is 33.8 Å². The molecule has 0 saturated carbocycles. The molecule has 0 amide bonds. The van der Waals surface area contributed by atoms with Crippen molar-refractivity contribution in [1.29, 1.82) is 0 Å². The second-order valence-electron chi connectivity index (χ2n) is 10.5. The number of aliphatic hydroxyl groups excluding tert-OH is 7. The van der Waals surface area contributed by atoms with Gasteiger partial charge in [0.2, 0.25) is 11.2 Å². The van der Waals surface area contributed by atoms with E-state index in [1.807, 2.05) is 0 Å². The second kappa shape index (κ2) is 12.8. The molecule has 3 heterocycles. The zero-order chi connectivity index (χ0) is 31.9. The number of phenolic OH excluding ortho intramolecular Hbond substituents is 3. The zero-order valence-electron chi connectivity index (χ0n) is 22.8. The lowest BCUT2D eigenvalue weighted by Crippen LogP contribution is -2.62. The van der Waals surface area contributed by atoms with Crippen molar-refractivity contribution in [1.82, 2.24) is 0 Å². The number of benzene rings is 2. The van der Waals surface area contributed by atoms with Crippen LogP contribution in [0.2, 0.25) is 0 Å². The van der Waals surface area contributed by atoms with Crippen molar-refractivity contribution >= 4 is 11.0 Å². The molecule has 16 nitrogen and oxygen atoms in total. The summed E-state index contributed by atoms with van der Waals surface area (Å²) < 4.78 is 27.9. The first kappa shape index (κ1) is 31.9. The lowest BCUT2D eigenvalue weighted by Gasteiger charge is -2.42. The summed E-state index contributed by atoms with van der Waals surface area (Å²) in [6, 6.07) is 7.48. The highest BCUT2D eigenvalue weighted by atomic mass is 16.7. The molecule has 44 heavy (non-hydrogen) atoms. The van der Waals surface area contributed by atoms with Crippen LogP contribution in [0.1, 0.15) is 0 Å². The van der Waals surface area contributed by atoms with Crippen LogP contribution in [-0.2, 0) is 14.2 Å². The predicted octanol–water partition coefficient (Wildman–Crippen LogP) is -2.38. The standard InChI is InChI=1S/C28H32O16/c29-7-15-19(33)24(38)25(39)28(44-15)41-9-17-21(35)23(37)20(34)16(42-17)8-40-27-22(36)18-13(32)5-12(31)6-14(18)43-26(27)10-1-3-11(30)4-2-10/h1-6,15-17,19-21,23-25,28-35,37-39H,7-9H2/t15?,16-,17?,19-,20?,21-,23-,24+,25?,28+/m0/s1. The van der Waals surface area contributed by atoms with Crippen LogP contribution < -0.4 is 10.2 Å². The van der Waals surface area contributed by atoms with E-state index in [9.17, 15) is 55.9 Å². The minimum atomic E-state index is -1.79. The molecule has 2 saturated heterocycles. The Hall–Kier alpha value is -3.55. The van der Waals surface area contributed by atoms with Gasteiger partial charge in [0.1, 0.15) is 89.8 Å². The van der Waals surface area contributed by atoms with Gasteiger partial charge < -0.3 is 74.4 Å². The largest absolute Gasteiger partial charge is 0.508 e. The monoisotopic (exact) mass is 624 g/mol. The lowest BCUT2D eigenvalue weighted by atomic mass is 9.95. The first-order chi connectivity index (χ1) is 20.9. The van der Waals surface area contributed by atoms with Crippen LogP contribution in [0, 0.1) is 0 Å². The maximum absolute atomic E-state index is 13.5. The Balaban J connectivity index is 1.38. The Morgan fingerprint density at radius 1 is 0.705 bits per heavy atom. The third kappa shape index (κ3) is 6.04. The maximum atomic E-state index is 13.5. The van der Waals surface area contributed by atoms with Crippen molar-refractivity contribution in [3.63, 3.8) is 0 Å². The van der Waals surface area contributed by atoms with Gasteiger partial charge in [0.05, 0.1) is 13.2 Å². The number of hydrogen-bond acceptors (Lipinski definition) is 16. The summed E-state index contributed by atoms with van der Waals surface area (Å²) >= 11 is 0. The highest BCUT2D eigenvalue weighted by molar-refractivity contribution is 5.88. The molecular weight excluding hydrogens is 592 g/mol. The van der Waals surface area contributed by atoms with Crippen molar-refractivity contribution < 1.29 is 74.4 Å². The van der Waals surface area contributed by atoms with Crippen LogP contribution in [0.3, 0.4) is 0 Å². The van der Waals surface area contributed by atoms with Crippen LogP contribution in [-0.4, -0.2) is 132 Å². The molecule has 2 aliphatic heterocycles. The van der Waals surface area contributed by atoms with Gasteiger partial charge in [-0.15, -0.1) is 0 Å². The highest BCUT2D eigenvalue weighted by Gasteiger charge is 2.47. The van der Waals surface area contributed by atoms with E-state index in [0.717, 1.165) is 12.1 Å². The van der Waals surface area contributed by atoms with E-state index < -0.39 is 98.0 Å². The molecule has 2 aromatic carbocycles. The number of aliphatic hydroxyl groups is 7. The Bertz CT molecular complexity index is 1510. The summed E-state index contributed by atoms with van der Waals surface area (Å²) in [6.45, 7) is -1.88. The van der Waals surface area contributed by atoms with Gasteiger partial charge in [0, 0.05) is 17.7 Å². The lowest BCUT2D eigenvalue weighted by molar-refractivity contribution is -0.314. The molecule has 0 spiro atoms. The van der Waals surface area contributed by atoms with E-state index in [2.05, 4.69) is 0 Å². The quantitative estimate of drug-likeness (QED) is 0.125. The van der Waals surface area contributed by atoms with Crippen molar-refractivity contribution in [3.05, 3.63) is 46.6 Å². The van der Waals surface area contributed by atoms with Crippen LogP contribution in [0.4, 0.5) is 0 Å².